The Balaban J connectivity index is 1.91. The molecule has 112 valence electrons. The quantitative estimate of drug-likeness (QED) is 0.783. The zero-order chi connectivity index (χ0) is 15.3. The van der Waals surface area contributed by atoms with Crippen LogP contribution < -0.4 is 11.5 Å². The van der Waals surface area contributed by atoms with Gasteiger partial charge in [0.1, 0.15) is 0 Å². The molecule has 0 aliphatic heterocycles. The first-order valence-electron chi connectivity index (χ1n) is 7.16. The maximum Gasteiger partial charge on any atom is 0.251 e. The number of nitrogens with zero attached hydrogens (tertiary/aromatic N) is 1. The van der Waals surface area contributed by atoms with Gasteiger partial charge >= 0.3 is 0 Å². The van der Waals surface area contributed by atoms with Crippen molar-refractivity contribution in [3.8, 4) is 6.07 Å². The molecule has 0 bridgehead atoms. The number of nitrogen functional groups attached to an aromatic ring is 1. The van der Waals surface area contributed by atoms with Crippen molar-refractivity contribution in [3.63, 3.8) is 0 Å². The van der Waals surface area contributed by atoms with Gasteiger partial charge in [-0.05, 0) is 43.1 Å². The van der Waals surface area contributed by atoms with Crippen LogP contribution in [0.2, 0.25) is 0 Å². The molecular weight excluding hydrogens is 286 g/mol. The van der Waals surface area contributed by atoms with E-state index in [0.717, 1.165) is 29.7 Å². The molecule has 0 radical (unpaired) electrons. The Morgan fingerprint density at radius 1 is 1.43 bits per heavy atom. The number of carbonyl (C=O) groups excluding carboxylic acids is 1. The molecule has 1 heterocycles. The highest BCUT2D eigenvalue weighted by Crippen LogP contribution is 2.56. The van der Waals surface area contributed by atoms with Crippen molar-refractivity contribution >= 4 is 22.2 Å². The monoisotopic (exact) mass is 305 g/mol. The maximum atomic E-state index is 11.5. The van der Waals surface area contributed by atoms with Crippen molar-refractivity contribution in [1.29, 1.82) is 5.26 Å². The van der Waals surface area contributed by atoms with Crippen LogP contribution in [0.4, 0.5) is 5.00 Å². The minimum Gasteiger partial charge on any atom is -0.396 e. The van der Waals surface area contributed by atoms with Gasteiger partial charge in [-0.1, -0.05) is 0 Å². The van der Waals surface area contributed by atoms with Crippen molar-refractivity contribution < 1.29 is 9.90 Å². The Bertz CT molecular complexity index is 642. The first kappa shape index (κ1) is 14.4. The second-order valence-corrected chi connectivity index (χ2v) is 7.65. The van der Waals surface area contributed by atoms with Crippen molar-refractivity contribution in [2.45, 2.75) is 38.5 Å². The van der Waals surface area contributed by atoms with E-state index < -0.39 is 11.3 Å². The topological polar surface area (TPSA) is 113 Å². The van der Waals surface area contributed by atoms with Crippen LogP contribution in [0, 0.1) is 22.2 Å². The zero-order valence-corrected chi connectivity index (χ0v) is 12.6. The lowest BCUT2D eigenvalue weighted by atomic mass is 9.69. The summed E-state index contributed by atoms with van der Waals surface area (Å²) >= 11 is 1.38. The number of aliphatic hydroxyl groups excluding tert-OH is 1. The number of thiophene rings is 1. The predicted molar refractivity (Wildman–Crippen MR) is 80.7 cm³/mol. The highest BCUT2D eigenvalue weighted by atomic mass is 32.1. The summed E-state index contributed by atoms with van der Waals surface area (Å²) in [6, 6.07) is 2.49. The van der Waals surface area contributed by atoms with Crippen LogP contribution in [-0.4, -0.2) is 17.6 Å². The molecule has 1 aromatic heterocycles. The molecule has 1 unspecified atom stereocenters. The van der Waals surface area contributed by atoms with Crippen LogP contribution in [0.1, 0.15) is 46.5 Å². The summed E-state index contributed by atoms with van der Waals surface area (Å²) in [5, 5.41) is 19.7. The summed E-state index contributed by atoms with van der Waals surface area (Å²) in [7, 11) is 0. The Morgan fingerprint density at radius 2 is 2.14 bits per heavy atom. The van der Waals surface area contributed by atoms with Gasteiger partial charge in [-0.15, -0.1) is 11.3 Å². The SMILES string of the molecule is N#CC1(CC2(CO)CC2)CCc2c(sc(N)c2C(N)=O)C1. The smallest absolute Gasteiger partial charge is 0.251 e. The van der Waals surface area contributed by atoms with E-state index in [2.05, 4.69) is 6.07 Å². The molecule has 1 amide bonds. The molecule has 6 heteroatoms. The summed E-state index contributed by atoms with van der Waals surface area (Å²) in [6.07, 6.45) is 4.71. The van der Waals surface area contributed by atoms with E-state index >= 15 is 0 Å². The first-order valence-corrected chi connectivity index (χ1v) is 7.98. The van der Waals surface area contributed by atoms with Crippen LogP contribution in [0.5, 0.6) is 0 Å². The van der Waals surface area contributed by atoms with E-state index in [1.807, 2.05) is 0 Å². The summed E-state index contributed by atoms with van der Waals surface area (Å²) < 4.78 is 0. The molecule has 0 spiro atoms. The number of hydrogen-bond donors (Lipinski definition) is 3. The minimum absolute atomic E-state index is 0.0530. The highest BCUT2D eigenvalue weighted by molar-refractivity contribution is 7.16. The summed E-state index contributed by atoms with van der Waals surface area (Å²) in [4.78, 5) is 12.5. The Labute approximate surface area is 127 Å². The van der Waals surface area contributed by atoms with Gasteiger partial charge in [0, 0.05) is 17.9 Å². The second kappa shape index (κ2) is 4.72. The number of aliphatic hydroxyl groups is 1. The number of nitriles is 1. The largest absolute Gasteiger partial charge is 0.396 e. The number of rotatable bonds is 4. The van der Waals surface area contributed by atoms with Crippen molar-refractivity contribution in [2.24, 2.45) is 16.6 Å². The van der Waals surface area contributed by atoms with Crippen LogP contribution in [0.25, 0.3) is 0 Å². The van der Waals surface area contributed by atoms with Gasteiger partial charge in [0.05, 0.1) is 22.0 Å². The number of anilines is 1. The number of fused-ring (bicyclic) bond motifs is 1. The van der Waals surface area contributed by atoms with Gasteiger partial charge < -0.3 is 16.6 Å². The summed E-state index contributed by atoms with van der Waals surface area (Å²) in [5.74, 6) is -0.483. The van der Waals surface area contributed by atoms with Crippen LogP contribution in [-0.2, 0) is 12.8 Å². The predicted octanol–water partition coefficient (Wildman–Crippen LogP) is 1.59. The molecule has 0 aromatic carbocycles. The van der Waals surface area contributed by atoms with E-state index in [-0.39, 0.29) is 12.0 Å². The standard InChI is InChI=1S/C15H19N3O2S/c16-7-15(6-14(8-19)3-4-14)2-1-9-10(5-15)21-13(18)11(9)12(17)20/h19H,1-6,8,18H2,(H2,17,20). The van der Waals surface area contributed by atoms with Crippen LogP contribution in [0.3, 0.4) is 0 Å². The number of hydrogen-bond acceptors (Lipinski definition) is 5. The lowest BCUT2D eigenvalue weighted by molar-refractivity contribution is 0.0999. The van der Waals surface area contributed by atoms with E-state index in [0.29, 0.717) is 29.8 Å². The van der Waals surface area contributed by atoms with Crippen molar-refractivity contribution in [2.75, 3.05) is 12.3 Å². The highest BCUT2D eigenvalue weighted by Gasteiger charge is 2.50. The Hall–Kier alpha value is -1.58. The molecule has 2 aliphatic carbocycles. The summed E-state index contributed by atoms with van der Waals surface area (Å²) in [5.41, 5.74) is 12.2. The van der Waals surface area contributed by atoms with Gasteiger partial charge in [0.25, 0.3) is 5.91 Å². The fourth-order valence-electron chi connectivity index (χ4n) is 3.54. The minimum atomic E-state index is -0.483. The normalized spacial score (nSPS) is 25.9. The fraction of sp³-hybridized carbons (Fsp3) is 0.600. The second-order valence-electron chi connectivity index (χ2n) is 6.51. The van der Waals surface area contributed by atoms with Gasteiger partial charge in [-0.25, -0.2) is 0 Å². The lowest BCUT2D eigenvalue weighted by Crippen LogP contribution is -2.31. The molecule has 0 saturated heterocycles. The third-order valence-electron chi connectivity index (χ3n) is 4.96. The molecule has 2 aliphatic rings. The van der Waals surface area contributed by atoms with E-state index in [1.54, 1.807) is 0 Å². The molecule has 1 atom stereocenters. The number of nitrogens with two attached hydrogens (primary N) is 2. The summed E-state index contributed by atoms with van der Waals surface area (Å²) in [6.45, 7) is 0.155. The van der Waals surface area contributed by atoms with Gasteiger partial charge in [-0.2, -0.15) is 5.26 Å². The average Bonchev–Trinajstić information content (AvgIpc) is 3.13. The molecule has 5 N–H and O–H groups in total. The molecule has 21 heavy (non-hydrogen) atoms. The molecular formula is C15H19N3O2S. The number of carbonyl (C=O) groups is 1. The molecule has 1 fully saturated rings. The third-order valence-corrected chi connectivity index (χ3v) is 6.02. The van der Waals surface area contributed by atoms with Crippen LogP contribution in [0.15, 0.2) is 0 Å². The molecule has 5 nitrogen and oxygen atoms in total. The van der Waals surface area contributed by atoms with E-state index in [4.69, 9.17) is 11.5 Å². The van der Waals surface area contributed by atoms with Crippen molar-refractivity contribution in [1.82, 2.24) is 0 Å². The number of amides is 1. The van der Waals surface area contributed by atoms with Gasteiger partial charge in [0.2, 0.25) is 0 Å². The lowest BCUT2D eigenvalue weighted by Gasteiger charge is -2.33. The Morgan fingerprint density at radius 3 is 2.67 bits per heavy atom. The molecule has 1 aromatic rings. The van der Waals surface area contributed by atoms with Crippen molar-refractivity contribution in [3.05, 3.63) is 16.0 Å². The van der Waals surface area contributed by atoms with E-state index in [1.165, 1.54) is 11.3 Å². The van der Waals surface area contributed by atoms with Gasteiger partial charge in [-0.3, -0.25) is 4.79 Å². The first-order chi connectivity index (χ1) is 9.94. The Kier molecular flexibility index (Phi) is 3.23. The van der Waals surface area contributed by atoms with Crippen LogP contribution >= 0.6 is 11.3 Å². The third kappa shape index (κ3) is 2.30. The zero-order valence-electron chi connectivity index (χ0n) is 11.8. The molecule has 1 saturated carbocycles. The molecule has 3 rings (SSSR count). The van der Waals surface area contributed by atoms with Gasteiger partial charge in [0.15, 0.2) is 0 Å². The van der Waals surface area contributed by atoms with E-state index in [9.17, 15) is 15.2 Å². The number of primary amides is 1. The maximum absolute atomic E-state index is 11.5. The fourth-order valence-corrected chi connectivity index (χ4v) is 4.81. The average molecular weight is 305 g/mol.